The van der Waals surface area contributed by atoms with Gasteiger partial charge in [-0.2, -0.15) is 0 Å². The summed E-state index contributed by atoms with van der Waals surface area (Å²) in [5.41, 5.74) is 1.93. The fourth-order valence-electron chi connectivity index (χ4n) is 2.66. The maximum atomic E-state index is 12.3. The number of hydrogen-bond donors (Lipinski definition) is 1. The summed E-state index contributed by atoms with van der Waals surface area (Å²) >= 11 is 1.47. The number of anilines is 2. The van der Waals surface area contributed by atoms with Crippen molar-refractivity contribution in [2.24, 2.45) is 5.41 Å². The zero-order valence-electron chi connectivity index (χ0n) is 12.1. The van der Waals surface area contributed by atoms with Gasteiger partial charge in [-0.05, 0) is 11.8 Å². The van der Waals surface area contributed by atoms with Gasteiger partial charge in [0.25, 0.3) is 0 Å². The molecule has 2 aliphatic rings. The molecule has 20 heavy (non-hydrogen) atoms. The van der Waals surface area contributed by atoms with Crippen molar-refractivity contribution in [1.82, 2.24) is 9.97 Å². The van der Waals surface area contributed by atoms with E-state index in [0.717, 1.165) is 33.6 Å². The van der Waals surface area contributed by atoms with Crippen molar-refractivity contribution in [2.45, 2.75) is 31.7 Å². The van der Waals surface area contributed by atoms with Crippen molar-refractivity contribution in [3.05, 3.63) is 16.9 Å². The monoisotopic (exact) mass is 290 g/mol. The first kappa shape index (κ1) is 13.4. The second-order valence-electron chi connectivity index (χ2n) is 6.25. The Labute approximate surface area is 122 Å². The Morgan fingerprint density at radius 1 is 1.30 bits per heavy atom. The first-order chi connectivity index (χ1) is 9.37. The average Bonchev–Trinajstić information content (AvgIpc) is 2.34. The minimum absolute atomic E-state index is 0.00883. The van der Waals surface area contributed by atoms with Crippen molar-refractivity contribution in [2.75, 3.05) is 24.3 Å². The summed E-state index contributed by atoms with van der Waals surface area (Å²) in [4.78, 5) is 23.7. The van der Waals surface area contributed by atoms with Crippen LogP contribution in [0.5, 0.6) is 0 Å². The number of nitrogens with zero attached hydrogens (tertiary/aromatic N) is 3. The van der Waals surface area contributed by atoms with E-state index in [2.05, 4.69) is 29.1 Å². The number of ketones is 1. The standard InChI is InChI=1S/C14H18N4OS/c1-14(2)5-8-11(9(19)6-14)20-13-10(17-8)12(18(3)4)15-7-16-13/h7,17H,5-6H2,1-4H3. The van der Waals surface area contributed by atoms with Gasteiger partial charge in [0.1, 0.15) is 17.0 Å². The number of nitrogens with one attached hydrogen (secondary N) is 1. The van der Waals surface area contributed by atoms with E-state index >= 15 is 0 Å². The minimum atomic E-state index is 0.00883. The topological polar surface area (TPSA) is 58.1 Å². The second-order valence-corrected chi connectivity index (χ2v) is 7.25. The maximum absolute atomic E-state index is 12.3. The number of hydrogen-bond acceptors (Lipinski definition) is 6. The number of aromatic nitrogens is 2. The molecule has 6 heteroatoms. The average molecular weight is 290 g/mol. The molecule has 1 aliphatic carbocycles. The Morgan fingerprint density at radius 3 is 2.75 bits per heavy atom. The molecule has 1 aliphatic heterocycles. The first-order valence-electron chi connectivity index (χ1n) is 6.61. The van der Waals surface area contributed by atoms with E-state index in [1.54, 1.807) is 6.33 Å². The molecular formula is C14H18N4OS. The highest BCUT2D eigenvalue weighted by atomic mass is 32.2. The van der Waals surface area contributed by atoms with Crippen molar-refractivity contribution in [3.63, 3.8) is 0 Å². The Kier molecular flexibility index (Phi) is 3.01. The van der Waals surface area contributed by atoms with E-state index in [4.69, 9.17) is 0 Å². The normalized spacial score (nSPS) is 20.1. The summed E-state index contributed by atoms with van der Waals surface area (Å²) in [6.07, 6.45) is 3.02. The highest BCUT2D eigenvalue weighted by Gasteiger charge is 2.37. The lowest BCUT2D eigenvalue weighted by Gasteiger charge is -2.35. The predicted octanol–water partition coefficient (Wildman–Crippen LogP) is 2.66. The zero-order valence-corrected chi connectivity index (χ0v) is 13.0. The lowest BCUT2D eigenvalue weighted by atomic mass is 9.78. The fraction of sp³-hybridized carbons (Fsp3) is 0.500. The van der Waals surface area contributed by atoms with Crippen molar-refractivity contribution in [3.8, 4) is 0 Å². The Bertz CT molecular complexity index is 622. The Hall–Kier alpha value is -1.56. The summed E-state index contributed by atoms with van der Waals surface area (Å²) in [5, 5.41) is 4.24. The molecule has 1 aromatic heterocycles. The quantitative estimate of drug-likeness (QED) is 0.802. The van der Waals surface area contributed by atoms with Crippen LogP contribution in [0.25, 0.3) is 0 Å². The van der Waals surface area contributed by atoms with Crippen LogP contribution in [-0.2, 0) is 4.79 Å². The van der Waals surface area contributed by atoms with Crippen LogP contribution in [-0.4, -0.2) is 29.8 Å². The van der Waals surface area contributed by atoms with Crippen molar-refractivity contribution < 1.29 is 4.79 Å². The number of carbonyl (C=O) groups is 1. The van der Waals surface area contributed by atoms with Gasteiger partial charge in [0, 0.05) is 26.2 Å². The van der Waals surface area contributed by atoms with Gasteiger partial charge >= 0.3 is 0 Å². The van der Waals surface area contributed by atoms with Gasteiger partial charge in [-0.3, -0.25) is 4.79 Å². The molecular weight excluding hydrogens is 272 g/mol. The molecule has 0 atom stereocenters. The van der Waals surface area contributed by atoms with Crippen molar-refractivity contribution >= 4 is 29.1 Å². The molecule has 0 spiro atoms. The van der Waals surface area contributed by atoms with Gasteiger partial charge in [-0.15, -0.1) is 0 Å². The third kappa shape index (κ3) is 2.18. The van der Waals surface area contributed by atoms with Gasteiger partial charge in [0.15, 0.2) is 11.6 Å². The molecule has 0 saturated carbocycles. The molecule has 0 fully saturated rings. The van der Waals surface area contributed by atoms with Crippen LogP contribution >= 0.6 is 11.8 Å². The van der Waals surface area contributed by atoms with Gasteiger partial charge in [-0.1, -0.05) is 25.6 Å². The summed E-state index contributed by atoms with van der Waals surface area (Å²) in [6, 6.07) is 0. The van der Waals surface area contributed by atoms with E-state index in [1.165, 1.54) is 11.8 Å². The molecule has 106 valence electrons. The molecule has 0 saturated heterocycles. The number of allylic oxidation sites excluding steroid dienone is 2. The summed E-state index contributed by atoms with van der Waals surface area (Å²) in [7, 11) is 3.91. The molecule has 1 aromatic rings. The molecule has 3 rings (SSSR count). The highest BCUT2D eigenvalue weighted by Crippen LogP contribution is 2.48. The van der Waals surface area contributed by atoms with Crippen molar-refractivity contribution in [1.29, 1.82) is 0 Å². The highest BCUT2D eigenvalue weighted by molar-refractivity contribution is 8.04. The summed E-state index contributed by atoms with van der Waals surface area (Å²) < 4.78 is 0. The number of fused-ring (bicyclic) bond motifs is 1. The predicted molar refractivity (Wildman–Crippen MR) is 80.9 cm³/mol. The maximum Gasteiger partial charge on any atom is 0.171 e. The van der Waals surface area contributed by atoms with E-state index < -0.39 is 0 Å². The largest absolute Gasteiger partial charge is 0.361 e. The molecule has 0 amide bonds. The summed E-state index contributed by atoms with van der Waals surface area (Å²) in [5.74, 6) is 1.06. The fourth-order valence-corrected chi connectivity index (χ4v) is 3.63. The molecule has 0 radical (unpaired) electrons. The molecule has 0 bridgehead atoms. The van der Waals surface area contributed by atoms with Crippen LogP contribution in [0, 0.1) is 5.41 Å². The van der Waals surface area contributed by atoms with E-state index in [0.29, 0.717) is 6.42 Å². The number of Topliss-reactive ketones (excluding diaryl/α,β-unsaturated/α-hetero) is 1. The molecule has 0 unspecified atom stereocenters. The first-order valence-corrected chi connectivity index (χ1v) is 7.42. The molecule has 0 aromatic carbocycles. The van der Waals surface area contributed by atoms with Gasteiger partial charge in [-0.25, -0.2) is 9.97 Å². The number of thioether (sulfide) groups is 1. The third-order valence-corrected chi connectivity index (χ3v) is 4.69. The molecule has 2 heterocycles. The van der Waals surface area contributed by atoms with Crippen LogP contribution in [0.4, 0.5) is 11.5 Å². The van der Waals surface area contributed by atoms with Crippen LogP contribution in [0.2, 0.25) is 0 Å². The van der Waals surface area contributed by atoms with Crippen LogP contribution < -0.4 is 10.2 Å². The van der Waals surface area contributed by atoms with Gasteiger partial charge < -0.3 is 10.2 Å². The lowest BCUT2D eigenvalue weighted by molar-refractivity contribution is -0.117. The van der Waals surface area contributed by atoms with E-state index in [9.17, 15) is 4.79 Å². The van der Waals surface area contributed by atoms with Gasteiger partial charge in [0.05, 0.1) is 4.91 Å². The zero-order chi connectivity index (χ0) is 14.5. The SMILES string of the molecule is CN(C)c1ncnc2c1NC1=C(S2)C(=O)CC(C)(C)C1. The third-order valence-electron chi connectivity index (χ3n) is 3.51. The van der Waals surface area contributed by atoms with E-state index in [1.807, 2.05) is 19.0 Å². The molecule has 1 N–H and O–H groups in total. The Morgan fingerprint density at radius 2 is 2.05 bits per heavy atom. The van der Waals surface area contributed by atoms with Crippen LogP contribution in [0.3, 0.4) is 0 Å². The Balaban J connectivity index is 2.04. The minimum Gasteiger partial charge on any atom is -0.361 e. The molecule has 5 nitrogen and oxygen atoms in total. The van der Waals surface area contributed by atoms with Crippen LogP contribution in [0.15, 0.2) is 22.0 Å². The van der Waals surface area contributed by atoms with E-state index in [-0.39, 0.29) is 11.2 Å². The smallest absolute Gasteiger partial charge is 0.171 e. The number of rotatable bonds is 1. The van der Waals surface area contributed by atoms with Crippen LogP contribution in [0.1, 0.15) is 26.7 Å². The second kappa shape index (κ2) is 4.48. The number of carbonyl (C=O) groups excluding carboxylic acids is 1. The lowest BCUT2D eigenvalue weighted by Crippen LogP contribution is -2.29. The van der Waals surface area contributed by atoms with Gasteiger partial charge in [0.2, 0.25) is 0 Å². The summed E-state index contributed by atoms with van der Waals surface area (Å²) in [6.45, 7) is 4.26.